The van der Waals surface area contributed by atoms with Gasteiger partial charge in [-0.05, 0) is 118 Å². The minimum Gasteiger partial charge on any atom is -0.340 e. The molecule has 9 atom stereocenters. The summed E-state index contributed by atoms with van der Waals surface area (Å²) in [7, 11) is 0. The predicted molar refractivity (Wildman–Crippen MR) is 115 cm³/mol. The quantitative estimate of drug-likeness (QED) is 0.519. The van der Waals surface area contributed by atoms with Crippen molar-refractivity contribution in [1.29, 1.82) is 0 Å². The Kier molecular flexibility index (Phi) is 5.07. The third kappa shape index (κ3) is 2.99. The zero-order valence-corrected chi connectivity index (χ0v) is 18.7. The Bertz CT molecular complexity index is 601. The van der Waals surface area contributed by atoms with Crippen LogP contribution in [0.2, 0.25) is 0 Å². The van der Waals surface area contributed by atoms with Gasteiger partial charge in [-0.15, -0.1) is 0 Å². The van der Waals surface area contributed by atoms with Gasteiger partial charge < -0.3 is 4.90 Å². The summed E-state index contributed by atoms with van der Waals surface area (Å²) in [5.74, 6) is 6.64. The summed E-state index contributed by atoms with van der Waals surface area (Å²) < 4.78 is 0. The molecule has 0 radical (unpaired) electrons. The Hall–Kier alpha value is -0.530. The molecular weight excluding hydrogens is 342 g/mol. The minimum atomic E-state index is 0.296. The van der Waals surface area contributed by atoms with Crippen LogP contribution in [0.5, 0.6) is 0 Å². The minimum absolute atomic E-state index is 0.296. The molecule has 0 aromatic heterocycles. The smallest absolute Gasteiger partial charge is 0.226 e. The van der Waals surface area contributed by atoms with Crippen LogP contribution in [-0.2, 0) is 4.79 Å². The van der Waals surface area contributed by atoms with Gasteiger partial charge in [-0.3, -0.25) is 4.79 Å². The molecule has 2 nitrogen and oxygen atoms in total. The highest BCUT2D eigenvalue weighted by atomic mass is 16.2. The van der Waals surface area contributed by atoms with E-state index < -0.39 is 0 Å². The fourth-order valence-corrected chi connectivity index (χ4v) is 9.12. The van der Waals surface area contributed by atoms with Gasteiger partial charge in [0.1, 0.15) is 0 Å². The molecule has 1 aliphatic heterocycles. The van der Waals surface area contributed by atoms with Crippen molar-refractivity contribution in [2.75, 3.05) is 6.54 Å². The van der Waals surface area contributed by atoms with E-state index in [1.165, 1.54) is 77.0 Å². The van der Waals surface area contributed by atoms with Gasteiger partial charge in [0.25, 0.3) is 0 Å². The monoisotopic (exact) mass is 385 g/mol. The summed E-state index contributed by atoms with van der Waals surface area (Å²) in [5, 5.41) is 0. The molecule has 28 heavy (non-hydrogen) atoms. The highest BCUT2D eigenvalue weighted by Gasteiger charge is 2.59. The molecule has 0 N–H and O–H groups in total. The van der Waals surface area contributed by atoms with Gasteiger partial charge in [0.15, 0.2) is 0 Å². The number of hydrogen-bond donors (Lipinski definition) is 0. The molecule has 5 rings (SSSR count). The number of carbonyl (C=O) groups is 1. The average molecular weight is 386 g/mol. The van der Waals surface area contributed by atoms with Crippen molar-refractivity contribution in [1.82, 2.24) is 4.90 Å². The van der Waals surface area contributed by atoms with Crippen molar-refractivity contribution >= 4 is 5.91 Å². The first kappa shape index (κ1) is 19.4. The fourth-order valence-electron chi connectivity index (χ4n) is 9.12. The lowest BCUT2D eigenvalue weighted by Crippen LogP contribution is -2.52. The number of fused-ring (bicyclic) bond motifs is 5. The summed E-state index contributed by atoms with van der Waals surface area (Å²) in [6, 6.07) is 0.472. The van der Waals surface area contributed by atoms with E-state index in [1.807, 2.05) is 0 Å². The van der Waals surface area contributed by atoms with E-state index >= 15 is 0 Å². The van der Waals surface area contributed by atoms with E-state index in [0.29, 0.717) is 23.3 Å². The zero-order chi connectivity index (χ0) is 19.5. The van der Waals surface area contributed by atoms with Crippen LogP contribution in [-0.4, -0.2) is 23.4 Å². The fraction of sp³-hybridized carbons (Fsp3) is 0.962. The molecule has 0 bridgehead atoms. The van der Waals surface area contributed by atoms with Crippen LogP contribution < -0.4 is 0 Å². The second-order valence-electron chi connectivity index (χ2n) is 11.9. The molecule has 2 heteroatoms. The maximum Gasteiger partial charge on any atom is 0.226 e. The lowest BCUT2D eigenvalue weighted by Gasteiger charge is -2.56. The van der Waals surface area contributed by atoms with Crippen LogP contribution in [0.1, 0.15) is 97.8 Å². The summed E-state index contributed by atoms with van der Waals surface area (Å²) in [4.78, 5) is 15.9. The molecule has 1 saturated heterocycles. The maximum atomic E-state index is 13.6. The lowest BCUT2D eigenvalue weighted by atomic mass is 9.49. The van der Waals surface area contributed by atoms with Gasteiger partial charge in [-0.2, -0.15) is 0 Å². The van der Waals surface area contributed by atoms with Crippen molar-refractivity contribution in [3.8, 4) is 0 Å². The highest BCUT2D eigenvalue weighted by Crippen LogP contribution is 2.64. The second-order valence-corrected chi connectivity index (χ2v) is 11.9. The molecule has 158 valence electrons. The van der Waals surface area contributed by atoms with Gasteiger partial charge in [0.05, 0.1) is 0 Å². The molecule has 9 unspecified atom stereocenters. The topological polar surface area (TPSA) is 20.3 Å². The molecule has 1 amide bonds. The highest BCUT2D eigenvalue weighted by molar-refractivity contribution is 5.80. The Morgan fingerprint density at radius 2 is 1.68 bits per heavy atom. The molecular formula is C26H43NO. The first-order chi connectivity index (χ1) is 13.5. The molecule has 1 heterocycles. The van der Waals surface area contributed by atoms with E-state index in [-0.39, 0.29) is 0 Å². The van der Waals surface area contributed by atoms with Crippen LogP contribution >= 0.6 is 0 Å². The van der Waals surface area contributed by atoms with Crippen molar-refractivity contribution < 1.29 is 4.79 Å². The Balaban J connectivity index is 1.33. The molecule has 5 aliphatic rings. The summed E-state index contributed by atoms with van der Waals surface area (Å²) in [6.45, 7) is 8.32. The Labute approximate surface area is 173 Å². The number of amides is 1. The third-order valence-electron chi connectivity index (χ3n) is 10.6. The largest absolute Gasteiger partial charge is 0.340 e. The van der Waals surface area contributed by atoms with Crippen LogP contribution in [0.3, 0.4) is 0 Å². The van der Waals surface area contributed by atoms with E-state index in [0.717, 1.165) is 42.1 Å². The van der Waals surface area contributed by atoms with Gasteiger partial charge in [0.2, 0.25) is 5.91 Å². The van der Waals surface area contributed by atoms with Crippen molar-refractivity contribution in [3.05, 3.63) is 0 Å². The van der Waals surface area contributed by atoms with Crippen molar-refractivity contribution in [2.45, 2.75) is 104 Å². The molecule has 5 fully saturated rings. The van der Waals surface area contributed by atoms with Gasteiger partial charge >= 0.3 is 0 Å². The normalized spacial score (nSPS) is 51.2. The molecule has 4 saturated carbocycles. The predicted octanol–water partition coefficient (Wildman–Crippen LogP) is 6.29. The average Bonchev–Trinajstić information content (AvgIpc) is 3.04. The van der Waals surface area contributed by atoms with Crippen LogP contribution in [0, 0.1) is 46.8 Å². The van der Waals surface area contributed by atoms with E-state index in [4.69, 9.17) is 0 Å². The first-order valence-electron chi connectivity index (χ1n) is 12.8. The van der Waals surface area contributed by atoms with Crippen molar-refractivity contribution in [3.63, 3.8) is 0 Å². The number of carbonyl (C=O) groups excluding carboxylic acids is 1. The SMILES string of the molecule is CC1CCC2C(CCC3C2CCC2(C)C(C(=O)N4CCCCC4C)CCC32)C1. The van der Waals surface area contributed by atoms with E-state index in [1.54, 1.807) is 0 Å². The first-order valence-corrected chi connectivity index (χ1v) is 12.8. The number of piperidine rings is 1. The zero-order valence-electron chi connectivity index (χ0n) is 18.7. The standard InChI is InChI=1S/C26H43NO/c1-17-7-9-20-19(16-17)8-10-22-21(20)13-14-26(3)23(22)11-12-24(26)25(28)27-15-5-4-6-18(27)2/h17-24H,4-16H2,1-3H3. The molecule has 0 spiro atoms. The summed E-state index contributed by atoms with van der Waals surface area (Å²) in [6.07, 6.45) is 16.4. The van der Waals surface area contributed by atoms with Gasteiger partial charge in [0, 0.05) is 18.5 Å². The number of nitrogens with zero attached hydrogens (tertiary/aromatic N) is 1. The molecule has 4 aliphatic carbocycles. The van der Waals surface area contributed by atoms with Crippen LogP contribution in [0.15, 0.2) is 0 Å². The van der Waals surface area contributed by atoms with Crippen molar-refractivity contribution in [2.24, 2.45) is 46.8 Å². The number of hydrogen-bond acceptors (Lipinski definition) is 1. The summed E-state index contributed by atoms with van der Waals surface area (Å²) >= 11 is 0. The number of likely N-dealkylation sites (tertiary alicyclic amines) is 1. The van der Waals surface area contributed by atoms with Crippen LogP contribution in [0.4, 0.5) is 0 Å². The lowest BCUT2D eigenvalue weighted by molar-refractivity contribution is -0.146. The Morgan fingerprint density at radius 3 is 2.50 bits per heavy atom. The maximum absolute atomic E-state index is 13.6. The van der Waals surface area contributed by atoms with E-state index in [2.05, 4.69) is 25.7 Å². The third-order valence-corrected chi connectivity index (χ3v) is 10.6. The molecule has 0 aromatic rings. The number of rotatable bonds is 1. The van der Waals surface area contributed by atoms with Crippen LogP contribution in [0.25, 0.3) is 0 Å². The second kappa shape index (κ2) is 7.31. The molecule has 0 aromatic carbocycles. The van der Waals surface area contributed by atoms with E-state index in [9.17, 15) is 4.79 Å². The van der Waals surface area contributed by atoms with Gasteiger partial charge in [-0.1, -0.05) is 20.3 Å². The van der Waals surface area contributed by atoms with Gasteiger partial charge in [-0.25, -0.2) is 0 Å². The summed E-state index contributed by atoms with van der Waals surface area (Å²) in [5.41, 5.74) is 0.296. The Morgan fingerprint density at radius 1 is 0.857 bits per heavy atom.